The van der Waals surface area contributed by atoms with Crippen LogP contribution in [0, 0.1) is 0 Å². The molecule has 0 aliphatic carbocycles. The maximum atomic E-state index is 12.3. The summed E-state index contributed by atoms with van der Waals surface area (Å²) in [4.78, 5) is 16.3. The molecule has 1 aromatic rings. The molecule has 17 heavy (non-hydrogen) atoms. The number of carbonyl (C=O) groups is 1. The number of ether oxygens (including phenoxy) is 2. The van der Waals surface area contributed by atoms with Gasteiger partial charge in [0.2, 0.25) is 0 Å². The van der Waals surface area contributed by atoms with Crippen molar-refractivity contribution in [3.8, 4) is 0 Å². The van der Waals surface area contributed by atoms with E-state index < -0.39 is 5.60 Å². The quantitative estimate of drug-likeness (QED) is 0.791. The van der Waals surface area contributed by atoms with Crippen LogP contribution in [0.2, 0.25) is 0 Å². The normalized spacial score (nSPS) is 18.9. The molecule has 0 bridgehead atoms. The van der Waals surface area contributed by atoms with Crippen molar-refractivity contribution in [3.63, 3.8) is 0 Å². The SMILES string of the molecule is COC1(C(=O)Cc2cccnc2)CCOCC1. The molecule has 0 radical (unpaired) electrons. The second-order valence-corrected chi connectivity index (χ2v) is 4.27. The molecule has 1 aromatic heterocycles. The molecule has 1 aliphatic rings. The van der Waals surface area contributed by atoms with Gasteiger partial charge in [-0.2, -0.15) is 0 Å². The summed E-state index contributed by atoms with van der Waals surface area (Å²) in [5.74, 6) is 0.122. The monoisotopic (exact) mass is 235 g/mol. The fourth-order valence-corrected chi connectivity index (χ4v) is 2.15. The predicted octanol–water partition coefficient (Wildman–Crippen LogP) is 1.39. The van der Waals surface area contributed by atoms with Crippen molar-refractivity contribution in [2.75, 3.05) is 20.3 Å². The third kappa shape index (κ3) is 2.70. The van der Waals surface area contributed by atoms with E-state index in [9.17, 15) is 4.79 Å². The predicted molar refractivity (Wildman–Crippen MR) is 62.7 cm³/mol. The lowest BCUT2D eigenvalue weighted by molar-refractivity contribution is -0.151. The van der Waals surface area contributed by atoms with Crippen molar-refractivity contribution >= 4 is 5.78 Å². The summed E-state index contributed by atoms with van der Waals surface area (Å²) in [6, 6.07) is 3.75. The lowest BCUT2D eigenvalue weighted by Crippen LogP contribution is -2.46. The first-order valence-corrected chi connectivity index (χ1v) is 5.82. The molecule has 0 amide bonds. The minimum absolute atomic E-state index is 0.122. The number of carbonyl (C=O) groups excluding carboxylic acids is 1. The molecule has 4 nitrogen and oxygen atoms in total. The van der Waals surface area contributed by atoms with Crippen LogP contribution < -0.4 is 0 Å². The van der Waals surface area contributed by atoms with Crippen molar-refractivity contribution < 1.29 is 14.3 Å². The average molecular weight is 235 g/mol. The zero-order valence-electron chi connectivity index (χ0n) is 10.0. The largest absolute Gasteiger partial charge is 0.381 e. The first-order chi connectivity index (χ1) is 8.27. The molecule has 2 rings (SSSR count). The molecular formula is C13H17NO3. The number of ketones is 1. The summed E-state index contributed by atoms with van der Waals surface area (Å²) in [5.41, 5.74) is 0.272. The summed E-state index contributed by atoms with van der Waals surface area (Å²) in [6.07, 6.45) is 5.09. The summed E-state index contributed by atoms with van der Waals surface area (Å²) in [6.45, 7) is 1.18. The van der Waals surface area contributed by atoms with Gasteiger partial charge in [0.25, 0.3) is 0 Å². The Morgan fingerprint density at radius 3 is 2.88 bits per heavy atom. The van der Waals surface area contributed by atoms with Crippen molar-refractivity contribution in [2.24, 2.45) is 0 Å². The fraction of sp³-hybridized carbons (Fsp3) is 0.538. The molecule has 0 unspecified atom stereocenters. The summed E-state index contributed by atoms with van der Waals surface area (Å²) >= 11 is 0. The standard InChI is InChI=1S/C13H17NO3/c1-16-13(4-7-17-8-5-13)12(15)9-11-3-2-6-14-10-11/h2-3,6,10H,4-5,7-9H2,1H3. The molecule has 92 valence electrons. The number of aromatic nitrogens is 1. The number of methoxy groups -OCH3 is 1. The minimum Gasteiger partial charge on any atom is -0.381 e. The zero-order valence-corrected chi connectivity index (χ0v) is 10.0. The van der Waals surface area contributed by atoms with E-state index >= 15 is 0 Å². The van der Waals surface area contributed by atoms with Crippen molar-refractivity contribution in [3.05, 3.63) is 30.1 Å². The highest BCUT2D eigenvalue weighted by Gasteiger charge is 2.39. The van der Waals surface area contributed by atoms with E-state index in [0.29, 0.717) is 32.5 Å². The number of nitrogens with zero attached hydrogens (tertiary/aromatic N) is 1. The molecule has 0 saturated carbocycles. The van der Waals surface area contributed by atoms with Crippen LogP contribution in [0.5, 0.6) is 0 Å². The highest BCUT2D eigenvalue weighted by Crippen LogP contribution is 2.26. The number of pyridine rings is 1. The van der Waals surface area contributed by atoms with Crippen molar-refractivity contribution in [1.82, 2.24) is 4.98 Å². The lowest BCUT2D eigenvalue weighted by Gasteiger charge is -2.34. The van der Waals surface area contributed by atoms with E-state index in [0.717, 1.165) is 5.56 Å². The average Bonchev–Trinajstić information content (AvgIpc) is 2.40. The second kappa shape index (κ2) is 5.38. The molecule has 0 atom stereocenters. The summed E-state index contributed by atoms with van der Waals surface area (Å²) in [7, 11) is 1.60. The zero-order chi connectivity index (χ0) is 12.1. The Morgan fingerprint density at radius 2 is 2.29 bits per heavy atom. The molecular weight excluding hydrogens is 218 g/mol. The maximum absolute atomic E-state index is 12.3. The van der Waals surface area contributed by atoms with Gasteiger partial charge < -0.3 is 9.47 Å². The molecule has 0 aromatic carbocycles. The van der Waals surface area contributed by atoms with Crippen LogP contribution in [-0.4, -0.2) is 36.7 Å². The van der Waals surface area contributed by atoms with E-state index in [4.69, 9.17) is 9.47 Å². The van der Waals surface area contributed by atoms with Gasteiger partial charge in [-0.3, -0.25) is 9.78 Å². The first-order valence-electron chi connectivity index (χ1n) is 5.82. The van der Waals surface area contributed by atoms with Gasteiger partial charge in [0.15, 0.2) is 5.78 Å². The van der Waals surface area contributed by atoms with Crippen molar-refractivity contribution in [2.45, 2.75) is 24.9 Å². The summed E-state index contributed by atoms with van der Waals surface area (Å²) < 4.78 is 10.7. The Bertz CT molecular complexity index is 372. The van der Waals surface area contributed by atoms with Gasteiger partial charge in [0, 0.05) is 52.0 Å². The highest BCUT2D eigenvalue weighted by molar-refractivity contribution is 5.89. The number of hydrogen-bond acceptors (Lipinski definition) is 4. The molecule has 1 aliphatic heterocycles. The van der Waals surface area contributed by atoms with Gasteiger partial charge in [-0.15, -0.1) is 0 Å². The Morgan fingerprint density at radius 1 is 1.53 bits per heavy atom. The van der Waals surface area contributed by atoms with Gasteiger partial charge in [-0.25, -0.2) is 0 Å². The molecule has 1 saturated heterocycles. The molecule has 1 fully saturated rings. The van der Waals surface area contributed by atoms with Gasteiger partial charge in [0.05, 0.1) is 0 Å². The van der Waals surface area contributed by atoms with Crippen LogP contribution in [0.3, 0.4) is 0 Å². The number of Topliss-reactive ketones (excluding diaryl/α,β-unsaturated/α-hetero) is 1. The topological polar surface area (TPSA) is 48.4 Å². The number of hydrogen-bond donors (Lipinski definition) is 0. The Kier molecular flexibility index (Phi) is 3.86. The van der Waals surface area contributed by atoms with E-state index in [1.54, 1.807) is 19.5 Å². The van der Waals surface area contributed by atoms with E-state index in [2.05, 4.69) is 4.98 Å². The minimum atomic E-state index is -0.659. The molecule has 2 heterocycles. The Labute approximate surface area is 101 Å². The second-order valence-electron chi connectivity index (χ2n) is 4.27. The third-order valence-corrected chi connectivity index (χ3v) is 3.29. The van der Waals surface area contributed by atoms with Crippen LogP contribution >= 0.6 is 0 Å². The van der Waals surface area contributed by atoms with Crippen LogP contribution in [0.1, 0.15) is 18.4 Å². The summed E-state index contributed by atoms with van der Waals surface area (Å²) in [5, 5.41) is 0. The maximum Gasteiger partial charge on any atom is 0.169 e. The van der Waals surface area contributed by atoms with E-state index in [1.807, 2.05) is 12.1 Å². The molecule has 0 N–H and O–H groups in total. The van der Waals surface area contributed by atoms with Crippen LogP contribution in [0.4, 0.5) is 0 Å². The van der Waals surface area contributed by atoms with Crippen LogP contribution in [0.25, 0.3) is 0 Å². The van der Waals surface area contributed by atoms with Gasteiger partial charge in [-0.05, 0) is 11.6 Å². The van der Waals surface area contributed by atoms with Gasteiger partial charge in [-0.1, -0.05) is 6.07 Å². The fourth-order valence-electron chi connectivity index (χ4n) is 2.15. The molecule has 4 heteroatoms. The van der Waals surface area contributed by atoms with Crippen molar-refractivity contribution in [1.29, 1.82) is 0 Å². The first kappa shape index (κ1) is 12.2. The smallest absolute Gasteiger partial charge is 0.169 e. The molecule has 0 spiro atoms. The third-order valence-electron chi connectivity index (χ3n) is 3.29. The van der Waals surface area contributed by atoms with Crippen LogP contribution in [0.15, 0.2) is 24.5 Å². The van der Waals surface area contributed by atoms with E-state index in [1.165, 1.54) is 0 Å². The lowest BCUT2D eigenvalue weighted by atomic mass is 9.86. The Hall–Kier alpha value is -1.26. The Balaban J connectivity index is 2.07. The number of rotatable bonds is 4. The van der Waals surface area contributed by atoms with Crippen LogP contribution in [-0.2, 0) is 20.7 Å². The van der Waals surface area contributed by atoms with E-state index in [-0.39, 0.29) is 5.78 Å². The highest BCUT2D eigenvalue weighted by atomic mass is 16.5. The van der Waals surface area contributed by atoms with Gasteiger partial charge >= 0.3 is 0 Å². The van der Waals surface area contributed by atoms with Gasteiger partial charge in [0.1, 0.15) is 5.60 Å².